The largest absolute Gasteiger partial charge is 0.355 e. The van der Waals surface area contributed by atoms with Gasteiger partial charge in [0.1, 0.15) is 12.1 Å². The average molecular weight is 321 g/mol. The number of carbonyl (C=O) groups excluding carboxylic acids is 3. The molecule has 2 rings (SSSR count). The highest BCUT2D eigenvalue weighted by Gasteiger charge is 2.52. The van der Waals surface area contributed by atoms with E-state index in [1.165, 1.54) is 0 Å². The lowest BCUT2D eigenvalue weighted by Gasteiger charge is -2.36. The molecule has 8 nitrogen and oxygen atoms in total. The quantitative estimate of drug-likeness (QED) is 0.533. The molecule has 0 radical (unpaired) electrons. The third-order valence-electron chi connectivity index (χ3n) is 4.26. The van der Waals surface area contributed by atoms with Gasteiger partial charge in [-0.3, -0.25) is 14.5 Å². The van der Waals surface area contributed by atoms with E-state index in [2.05, 4.69) is 10.6 Å². The highest BCUT2D eigenvalue weighted by Crippen LogP contribution is 2.29. The molecule has 2 heterocycles. The number of nitrogens with one attached hydrogen (secondary N) is 2. The summed E-state index contributed by atoms with van der Waals surface area (Å²) in [6, 6.07) is 1.33. The fraction of sp³-hybridized carbons (Fsp3) is 0.733. The molecule has 0 aliphatic carbocycles. The first-order chi connectivity index (χ1) is 10.9. The Morgan fingerprint density at radius 1 is 1.39 bits per heavy atom. The Bertz CT molecular complexity index is 532. The van der Waals surface area contributed by atoms with Crippen molar-refractivity contribution in [3.63, 3.8) is 0 Å². The van der Waals surface area contributed by atoms with Crippen molar-refractivity contribution < 1.29 is 14.4 Å². The third kappa shape index (κ3) is 3.79. The van der Waals surface area contributed by atoms with Crippen molar-refractivity contribution in [2.45, 2.75) is 32.2 Å². The average Bonchev–Trinajstić information content (AvgIpc) is 2.73. The number of amides is 4. The van der Waals surface area contributed by atoms with Gasteiger partial charge in [-0.15, -0.1) is 0 Å². The molecule has 2 fully saturated rings. The van der Waals surface area contributed by atoms with Gasteiger partial charge in [-0.1, -0.05) is 13.8 Å². The van der Waals surface area contributed by atoms with E-state index in [1.807, 2.05) is 24.8 Å². The fourth-order valence-electron chi connectivity index (χ4n) is 2.90. The number of piperidine rings is 1. The molecule has 2 aliphatic heterocycles. The Morgan fingerprint density at radius 3 is 2.61 bits per heavy atom. The number of carbonyl (C=O) groups is 3. The van der Waals surface area contributed by atoms with Crippen LogP contribution in [0.3, 0.4) is 0 Å². The molecule has 0 aromatic carbocycles. The summed E-state index contributed by atoms with van der Waals surface area (Å²) in [5, 5.41) is 14.3. The van der Waals surface area contributed by atoms with Crippen LogP contribution in [0.2, 0.25) is 0 Å². The van der Waals surface area contributed by atoms with E-state index in [4.69, 9.17) is 5.26 Å². The van der Waals surface area contributed by atoms with Gasteiger partial charge < -0.3 is 10.6 Å². The van der Waals surface area contributed by atoms with Crippen molar-refractivity contribution in [3.05, 3.63) is 0 Å². The van der Waals surface area contributed by atoms with Crippen LogP contribution in [0.1, 0.15) is 26.7 Å². The molecular weight excluding hydrogens is 298 g/mol. The molecular formula is C15H23N5O3. The Hall–Kier alpha value is -2.14. The minimum atomic E-state index is -0.904. The number of nitriles is 1. The predicted molar refractivity (Wildman–Crippen MR) is 82.1 cm³/mol. The van der Waals surface area contributed by atoms with Crippen LogP contribution in [-0.2, 0) is 9.59 Å². The molecule has 0 atom stereocenters. The van der Waals surface area contributed by atoms with Gasteiger partial charge in [-0.05, 0) is 18.8 Å². The van der Waals surface area contributed by atoms with Gasteiger partial charge in [0.25, 0.3) is 5.91 Å². The van der Waals surface area contributed by atoms with E-state index in [0.29, 0.717) is 44.9 Å². The van der Waals surface area contributed by atoms with E-state index >= 15 is 0 Å². The molecule has 4 amide bonds. The lowest BCUT2D eigenvalue weighted by molar-refractivity contribution is -0.132. The SMILES string of the molecule is CC(C)CNC(=O)CN1CCC2(CC1)NC(=O)N(CC#N)C2=O. The molecule has 0 saturated carbocycles. The topological polar surface area (TPSA) is 106 Å². The second kappa shape index (κ2) is 6.96. The molecule has 126 valence electrons. The fourth-order valence-corrected chi connectivity index (χ4v) is 2.90. The summed E-state index contributed by atoms with van der Waals surface area (Å²) in [5.41, 5.74) is -0.904. The minimum absolute atomic E-state index is 0.0254. The van der Waals surface area contributed by atoms with Crippen LogP contribution in [0.4, 0.5) is 4.79 Å². The van der Waals surface area contributed by atoms with Crippen molar-refractivity contribution in [1.29, 1.82) is 5.26 Å². The van der Waals surface area contributed by atoms with Crippen molar-refractivity contribution in [2.24, 2.45) is 5.92 Å². The number of hydrogen-bond donors (Lipinski definition) is 2. The van der Waals surface area contributed by atoms with Crippen molar-refractivity contribution >= 4 is 17.8 Å². The zero-order chi connectivity index (χ0) is 17.0. The first-order valence-electron chi connectivity index (χ1n) is 7.88. The normalized spacial score (nSPS) is 20.7. The van der Waals surface area contributed by atoms with Gasteiger partial charge in [-0.2, -0.15) is 5.26 Å². The monoisotopic (exact) mass is 321 g/mol. The van der Waals surface area contributed by atoms with Crippen LogP contribution in [0, 0.1) is 17.2 Å². The van der Waals surface area contributed by atoms with Crippen molar-refractivity contribution in [2.75, 3.05) is 32.7 Å². The maximum atomic E-state index is 12.4. The van der Waals surface area contributed by atoms with E-state index in [-0.39, 0.29) is 18.4 Å². The van der Waals surface area contributed by atoms with Crippen molar-refractivity contribution in [3.8, 4) is 6.07 Å². The van der Waals surface area contributed by atoms with E-state index in [9.17, 15) is 14.4 Å². The van der Waals surface area contributed by atoms with Crippen LogP contribution >= 0.6 is 0 Å². The molecule has 0 aromatic rings. The summed E-state index contributed by atoms with van der Waals surface area (Å²) >= 11 is 0. The van der Waals surface area contributed by atoms with Gasteiger partial charge in [0.15, 0.2) is 0 Å². The summed E-state index contributed by atoms with van der Waals surface area (Å²) in [4.78, 5) is 39.0. The number of hydrogen-bond acceptors (Lipinski definition) is 5. The maximum absolute atomic E-state index is 12.4. The molecule has 0 unspecified atom stereocenters. The summed E-state index contributed by atoms with van der Waals surface area (Å²) < 4.78 is 0. The second-order valence-electron chi connectivity index (χ2n) is 6.54. The molecule has 23 heavy (non-hydrogen) atoms. The molecule has 0 bridgehead atoms. The Labute approximate surface area is 135 Å². The summed E-state index contributed by atoms with van der Waals surface area (Å²) in [7, 11) is 0. The van der Waals surface area contributed by atoms with E-state index < -0.39 is 11.6 Å². The third-order valence-corrected chi connectivity index (χ3v) is 4.26. The minimum Gasteiger partial charge on any atom is -0.355 e. The number of imide groups is 1. The molecule has 8 heteroatoms. The van der Waals surface area contributed by atoms with Crippen LogP contribution in [-0.4, -0.2) is 65.9 Å². The Morgan fingerprint density at radius 2 is 2.04 bits per heavy atom. The van der Waals surface area contributed by atoms with E-state index in [0.717, 1.165) is 4.90 Å². The number of likely N-dealkylation sites (tertiary alicyclic amines) is 1. The molecule has 2 saturated heterocycles. The maximum Gasteiger partial charge on any atom is 0.325 e. The first-order valence-corrected chi connectivity index (χ1v) is 7.88. The highest BCUT2D eigenvalue weighted by atomic mass is 16.2. The van der Waals surface area contributed by atoms with Gasteiger partial charge >= 0.3 is 6.03 Å². The number of nitrogens with zero attached hydrogens (tertiary/aromatic N) is 3. The van der Waals surface area contributed by atoms with Crippen LogP contribution in [0.5, 0.6) is 0 Å². The number of rotatable bonds is 5. The smallest absolute Gasteiger partial charge is 0.325 e. The molecule has 2 aliphatic rings. The Balaban J connectivity index is 1.86. The van der Waals surface area contributed by atoms with Gasteiger partial charge in [-0.25, -0.2) is 9.69 Å². The Kier molecular flexibility index (Phi) is 5.21. The number of urea groups is 1. The predicted octanol–water partition coefficient (Wildman–Crippen LogP) is -0.331. The highest BCUT2D eigenvalue weighted by molar-refractivity contribution is 6.07. The first kappa shape index (κ1) is 17.2. The summed E-state index contributed by atoms with van der Waals surface area (Å²) in [5.74, 6) is 0.0523. The second-order valence-corrected chi connectivity index (χ2v) is 6.54. The summed E-state index contributed by atoms with van der Waals surface area (Å²) in [6.07, 6.45) is 0.911. The molecule has 1 spiro atoms. The summed E-state index contributed by atoms with van der Waals surface area (Å²) in [6.45, 7) is 5.90. The van der Waals surface area contributed by atoms with Gasteiger partial charge in [0.2, 0.25) is 5.91 Å². The standard InChI is InChI=1S/C15H23N5O3/c1-11(2)9-17-12(21)10-19-6-3-15(4-7-19)13(22)20(8-5-16)14(23)18-15/h11H,3-4,6-10H2,1-2H3,(H,17,21)(H,18,23). The zero-order valence-electron chi connectivity index (χ0n) is 13.6. The van der Waals surface area contributed by atoms with Crippen LogP contribution < -0.4 is 10.6 Å². The molecule has 2 N–H and O–H groups in total. The van der Waals surface area contributed by atoms with Crippen LogP contribution in [0.15, 0.2) is 0 Å². The van der Waals surface area contributed by atoms with Crippen LogP contribution in [0.25, 0.3) is 0 Å². The lowest BCUT2D eigenvalue weighted by Crippen LogP contribution is -2.56. The van der Waals surface area contributed by atoms with E-state index in [1.54, 1.807) is 0 Å². The van der Waals surface area contributed by atoms with Gasteiger partial charge in [0.05, 0.1) is 12.6 Å². The lowest BCUT2D eigenvalue weighted by atomic mass is 9.87. The molecule has 0 aromatic heterocycles. The van der Waals surface area contributed by atoms with Gasteiger partial charge in [0, 0.05) is 19.6 Å². The van der Waals surface area contributed by atoms with Crippen molar-refractivity contribution in [1.82, 2.24) is 20.4 Å². The zero-order valence-corrected chi connectivity index (χ0v) is 13.6.